The molecule has 1 amide bonds. The fourth-order valence-corrected chi connectivity index (χ4v) is 2.79. The maximum Gasteiger partial charge on any atom is 0.260 e. The zero-order chi connectivity index (χ0) is 15.1. The lowest BCUT2D eigenvalue weighted by Gasteiger charge is -2.27. The number of ether oxygens (including phenoxy) is 1. The van der Waals surface area contributed by atoms with Gasteiger partial charge in [-0.05, 0) is 30.9 Å². The molecule has 1 fully saturated rings. The summed E-state index contributed by atoms with van der Waals surface area (Å²) in [6, 6.07) is 9.04. The molecule has 1 aliphatic carbocycles. The Morgan fingerprint density at radius 3 is 2.76 bits per heavy atom. The number of hydrogen-bond donors (Lipinski definition) is 0. The van der Waals surface area contributed by atoms with Crippen LogP contribution in [0.25, 0.3) is 0 Å². The van der Waals surface area contributed by atoms with Crippen LogP contribution >= 0.6 is 0 Å². The van der Waals surface area contributed by atoms with Crippen molar-refractivity contribution < 1.29 is 9.53 Å². The summed E-state index contributed by atoms with van der Waals surface area (Å²) in [6.07, 6.45) is 6.31. The summed E-state index contributed by atoms with van der Waals surface area (Å²) in [4.78, 5) is 13.9. The van der Waals surface area contributed by atoms with Gasteiger partial charge in [-0.2, -0.15) is 5.26 Å². The average molecular weight is 286 g/mol. The largest absolute Gasteiger partial charge is 0.482 e. The normalized spacial score (nSPS) is 15.2. The quantitative estimate of drug-likeness (QED) is 0.836. The highest BCUT2D eigenvalue weighted by atomic mass is 16.5. The van der Waals surface area contributed by atoms with Gasteiger partial charge in [-0.25, -0.2) is 0 Å². The van der Waals surface area contributed by atoms with Crippen molar-refractivity contribution in [2.45, 2.75) is 32.1 Å². The molecule has 1 aromatic rings. The van der Waals surface area contributed by atoms with E-state index >= 15 is 0 Å². The number of carbonyl (C=O) groups is 1. The molecular formula is C17H22N2O2. The SMILES string of the molecule is CN(CC1CCCCC1)C(=O)COc1ccccc1C#N. The molecule has 0 aromatic heterocycles. The highest BCUT2D eigenvalue weighted by Gasteiger charge is 2.18. The lowest BCUT2D eigenvalue weighted by Crippen LogP contribution is -2.35. The molecule has 0 unspecified atom stereocenters. The van der Waals surface area contributed by atoms with Gasteiger partial charge >= 0.3 is 0 Å². The van der Waals surface area contributed by atoms with Crippen LogP contribution in [0.2, 0.25) is 0 Å². The Labute approximate surface area is 126 Å². The van der Waals surface area contributed by atoms with E-state index < -0.39 is 0 Å². The number of para-hydroxylation sites is 1. The van der Waals surface area contributed by atoms with Crippen molar-refractivity contribution in [1.82, 2.24) is 4.90 Å². The summed E-state index contributed by atoms with van der Waals surface area (Å²) < 4.78 is 5.49. The Morgan fingerprint density at radius 2 is 2.05 bits per heavy atom. The summed E-state index contributed by atoms with van der Waals surface area (Å²) >= 11 is 0. The number of likely N-dealkylation sites (N-methyl/N-ethyl adjacent to an activating group) is 1. The topological polar surface area (TPSA) is 53.3 Å². The molecule has 0 spiro atoms. The van der Waals surface area contributed by atoms with Crippen molar-refractivity contribution in [3.05, 3.63) is 29.8 Å². The first-order valence-electron chi connectivity index (χ1n) is 7.56. The molecule has 21 heavy (non-hydrogen) atoms. The van der Waals surface area contributed by atoms with Crippen molar-refractivity contribution >= 4 is 5.91 Å². The molecule has 0 radical (unpaired) electrons. The maximum absolute atomic E-state index is 12.1. The lowest BCUT2D eigenvalue weighted by atomic mass is 9.89. The number of hydrogen-bond acceptors (Lipinski definition) is 3. The molecular weight excluding hydrogens is 264 g/mol. The highest BCUT2D eigenvalue weighted by molar-refractivity contribution is 5.77. The van der Waals surface area contributed by atoms with Gasteiger partial charge in [0.2, 0.25) is 0 Å². The molecule has 4 nitrogen and oxygen atoms in total. The smallest absolute Gasteiger partial charge is 0.260 e. The van der Waals surface area contributed by atoms with E-state index in [0.717, 1.165) is 6.54 Å². The number of benzene rings is 1. The Morgan fingerprint density at radius 1 is 1.33 bits per heavy atom. The molecule has 1 aromatic carbocycles. The second-order valence-corrected chi connectivity index (χ2v) is 5.67. The molecule has 0 N–H and O–H groups in total. The van der Waals surface area contributed by atoms with E-state index in [9.17, 15) is 4.79 Å². The summed E-state index contributed by atoms with van der Waals surface area (Å²) in [6.45, 7) is 0.796. The van der Waals surface area contributed by atoms with E-state index in [1.54, 1.807) is 29.2 Å². The van der Waals surface area contributed by atoms with Crippen molar-refractivity contribution in [2.75, 3.05) is 20.2 Å². The molecule has 0 heterocycles. The van der Waals surface area contributed by atoms with Crippen LogP contribution in [0, 0.1) is 17.2 Å². The maximum atomic E-state index is 12.1. The Bertz CT molecular complexity index is 516. The third-order valence-corrected chi connectivity index (χ3v) is 4.04. The van der Waals surface area contributed by atoms with Gasteiger partial charge in [0.15, 0.2) is 6.61 Å². The fraction of sp³-hybridized carbons (Fsp3) is 0.529. The minimum Gasteiger partial charge on any atom is -0.482 e. The average Bonchev–Trinajstić information content (AvgIpc) is 2.53. The van der Waals surface area contributed by atoms with Crippen LogP contribution in [0.15, 0.2) is 24.3 Å². The number of nitrogens with zero attached hydrogens (tertiary/aromatic N) is 2. The second kappa shape index (κ2) is 7.68. The van der Waals surface area contributed by atoms with Crippen LogP contribution in [0.4, 0.5) is 0 Å². The zero-order valence-electron chi connectivity index (χ0n) is 12.5. The van der Waals surface area contributed by atoms with E-state index in [-0.39, 0.29) is 12.5 Å². The first-order chi connectivity index (χ1) is 10.2. The molecule has 0 atom stereocenters. The molecule has 0 saturated heterocycles. The van der Waals surface area contributed by atoms with E-state index in [1.165, 1.54) is 32.1 Å². The van der Waals surface area contributed by atoms with Crippen LogP contribution < -0.4 is 4.74 Å². The zero-order valence-corrected chi connectivity index (χ0v) is 12.5. The lowest BCUT2D eigenvalue weighted by molar-refractivity contribution is -0.132. The van der Waals surface area contributed by atoms with E-state index in [2.05, 4.69) is 6.07 Å². The molecule has 2 rings (SSSR count). The first kappa shape index (κ1) is 15.4. The summed E-state index contributed by atoms with van der Waals surface area (Å²) in [5.74, 6) is 1.06. The number of amides is 1. The van der Waals surface area contributed by atoms with Crippen LogP contribution in [-0.4, -0.2) is 31.0 Å². The van der Waals surface area contributed by atoms with Gasteiger partial charge in [0.1, 0.15) is 11.8 Å². The van der Waals surface area contributed by atoms with Crippen LogP contribution in [0.3, 0.4) is 0 Å². The van der Waals surface area contributed by atoms with E-state index in [1.807, 2.05) is 7.05 Å². The molecule has 0 bridgehead atoms. The molecule has 0 aliphatic heterocycles. The van der Waals surface area contributed by atoms with Gasteiger partial charge in [0, 0.05) is 13.6 Å². The van der Waals surface area contributed by atoms with Crippen LogP contribution in [-0.2, 0) is 4.79 Å². The number of rotatable bonds is 5. The number of carbonyl (C=O) groups excluding carboxylic acids is 1. The van der Waals surface area contributed by atoms with Crippen molar-refractivity contribution in [1.29, 1.82) is 5.26 Å². The van der Waals surface area contributed by atoms with Crippen LogP contribution in [0.1, 0.15) is 37.7 Å². The van der Waals surface area contributed by atoms with Crippen LogP contribution in [0.5, 0.6) is 5.75 Å². The Hall–Kier alpha value is -2.02. The fourth-order valence-electron chi connectivity index (χ4n) is 2.79. The van der Waals surface area contributed by atoms with Gasteiger partial charge in [0.05, 0.1) is 5.56 Å². The molecule has 4 heteroatoms. The standard InChI is InChI=1S/C17H22N2O2/c1-19(12-14-7-3-2-4-8-14)17(20)13-21-16-10-6-5-9-15(16)11-18/h5-6,9-10,14H,2-4,7-8,12-13H2,1H3. The third kappa shape index (κ3) is 4.49. The predicted molar refractivity (Wildman–Crippen MR) is 80.9 cm³/mol. The minimum atomic E-state index is -0.0340. The van der Waals surface area contributed by atoms with Gasteiger partial charge in [-0.1, -0.05) is 31.4 Å². The second-order valence-electron chi connectivity index (χ2n) is 5.67. The van der Waals surface area contributed by atoms with E-state index in [4.69, 9.17) is 10.00 Å². The number of nitriles is 1. The molecule has 112 valence electrons. The van der Waals surface area contributed by atoms with Crippen molar-refractivity contribution in [3.63, 3.8) is 0 Å². The van der Waals surface area contributed by atoms with Gasteiger partial charge in [-0.3, -0.25) is 4.79 Å². The summed E-state index contributed by atoms with van der Waals surface area (Å²) in [5.41, 5.74) is 0.459. The minimum absolute atomic E-state index is 0.0120. The Balaban J connectivity index is 1.82. The van der Waals surface area contributed by atoms with Gasteiger partial charge in [-0.15, -0.1) is 0 Å². The molecule has 1 saturated carbocycles. The summed E-state index contributed by atoms with van der Waals surface area (Å²) in [7, 11) is 1.83. The van der Waals surface area contributed by atoms with Crippen molar-refractivity contribution in [2.24, 2.45) is 5.92 Å². The highest BCUT2D eigenvalue weighted by Crippen LogP contribution is 2.24. The predicted octanol–water partition coefficient (Wildman–Crippen LogP) is 2.98. The van der Waals surface area contributed by atoms with Gasteiger partial charge < -0.3 is 9.64 Å². The summed E-state index contributed by atoms with van der Waals surface area (Å²) in [5, 5.41) is 8.98. The van der Waals surface area contributed by atoms with E-state index in [0.29, 0.717) is 17.2 Å². The van der Waals surface area contributed by atoms with Crippen molar-refractivity contribution in [3.8, 4) is 11.8 Å². The van der Waals surface area contributed by atoms with Gasteiger partial charge in [0.25, 0.3) is 5.91 Å². The Kier molecular flexibility index (Phi) is 5.62. The third-order valence-electron chi connectivity index (χ3n) is 4.04. The first-order valence-corrected chi connectivity index (χ1v) is 7.56. The molecule has 1 aliphatic rings. The monoisotopic (exact) mass is 286 g/mol.